The van der Waals surface area contributed by atoms with Crippen LogP contribution in [0.5, 0.6) is 0 Å². The second-order valence-corrected chi connectivity index (χ2v) is 4.73. The third kappa shape index (κ3) is 4.36. The van der Waals surface area contributed by atoms with E-state index in [1.54, 1.807) is 18.2 Å². The van der Waals surface area contributed by atoms with Crippen LogP contribution in [0.4, 0.5) is 5.69 Å². The average Bonchev–Trinajstić information content (AvgIpc) is 2.28. The molecule has 2 N–H and O–H groups in total. The van der Waals surface area contributed by atoms with Crippen molar-refractivity contribution in [3.63, 3.8) is 0 Å². The molecular weight excluding hydrogens is 284 g/mol. The van der Waals surface area contributed by atoms with Crippen molar-refractivity contribution in [2.75, 3.05) is 32.0 Å². The maximum absolute atomic E-state index is 11.0. The molecule has 0 atom stereocenters. The molecule has 1 aromatic rings. The lowest BCUT2D eigenvalue weighted by molar-refractivity contribution is 0.0698. The molecule has 0 aromatic heterocycles. The van der Waals surface area contributed by atoms with Crippen LogP contribution in [0.15, 0.2) is 22.7 Å². The Labute approximate surface area is 110 Å². The molecule has 0 saturated heterocycles. The average molecular weight is 301 g/mol. The number of likely N-dealkylation sites (N-methyl/N-ethyl adjacent to an activating group) is 1. The molecular formula is C12H17BrN2O2. The summed E-state index contributed by atoms with van der Waals surface area (Å²) in [5.74, 6) is -0.913. The molecule has 0 radical (unpaired) electrons. The van der Waals surface area contributed by atoms with Crippen LogP contribution < -0.4 is 5.32 Å². The molecule has 0 amide bonds. The fourth-order valence-corrected chi connectivity index (χ4v) is 1.75. The predicted octanol–water partition coefficient (Wildman–Crippen LogP) is 2.51. The highest BCUT2D eigenvalue weighted by molar-refractivity contribution is 9.10. The topological polar surface area (TPSA) is 52.6 Å². The summed E-state index contributed by atoms with van der Waals surface area (Å²) in [5, 5.41) is 12.2. The normalized spacial score (nSPS) is 10.6. The van der Waals surface area contributed by atoms with Crippen molar-refractivity contribution in [1.29, 1.82) is 0 Å². The number of aromatic carboxylic acids is 1. The molecule has 0 aliphatic carbocycles. The van der Waals surface area contributed by atoms with Crippen molar-refractivity contribution < 1.29 is 9.90 Å². The van der Waals surface area contributed by atoms with Gasteiger partial charge in [0.2, 0.25) is 0 Å². The van der Waals surface area contributed by atoms with Crippen LogP contribution in [0.1, 0.15) is 17.3 Å². The van der Waals surface area contributed by atoms with E-state index in [2.05, 4.69) is 33.1 Å². The van der Waals surface area contributed by atoms with Crippen LogP contribution in [-0.4, -0.2) is 42.7 Å². The van der Waals surface area contributed by atoms with E-state index in [9.17, 15) is 4.79 Å². The molecule has 0 saturated carbocycles. The summed E-state index contributed by atoms with van der Waals surface area (Å²) in [4.78, 5) is 13.2. The molecule has 0 spiro atoms. The molecule has 94 valence electrons. The first-order chi connectivity index (χ1) is 8.04. The zero-order valence-electron chi connectivity index (χ0n) is 10.0. The van der Waals surface area contributed by atoms with Crippen LogP contribution >= 0.6 is 15.9 Å². The second-order valence-electron chi connectivity index (χ2n) is 3.82. The van der Waals surface area contributed by atoms with Gasteiger partial charge in [-0.25, -0.2) is 4.79 Å². The van der Waals surface area contributed by atoms with Crippen molar-refractivity contribution >= 4 is 27.6 Å². The second kappa shape index (κ2) is 6.61. The molecule has 0 bridgehead atoms. The fraction of sp³-hybridized carbons (Fsp3) is 0.417. The Morgan fingerprint density at radius 1 is 1.53 bits per heavy atom. The Kier molecular flexibility index (Phi) is 5.44. The summed E-state index contributed by atoms with van der Waals surface area (Å²) in [6.07, 6.45) is 0. The molecule has 0 aliphatic rings. The number of carbonyl (C=O) groups is 1. The number of benzene rings is 1. The van der Waals surface area contributed by atoms with E-state index in [1.807, 2.05) is 7.05 Å². The number of anilines is 1. The number of halogens is 1. The van der Waals surface area contributed by atoms with E-state index in [0.29, 0.717) is 11.3 Å². The molecule has 0 fully saturated rings. The molecule has 0 aliphatic heterocycles. The van der Waals surface area contributed by atoms with E-state index in [-0.39, 0.29) is 0 Å². The first kappa shape index (κ1) is 14.0. The van der Waals surface area contributed by atoms with Crippen molar-refractivity contribution in [1.82, 2.24) is 4.90 Å². The molecule has 0 unspecified atom stereocenters. The lowest BCUT2D eigenvalue weighted by Gasteiger charge is -2.15. The first-order valence-corrected chi connectivity index (χ1v) is 6.29. The van der Waals surface area contributed by atoms with E-state index in [4.69, 9.17) is 5.11 Å². The van der Waals surface area contributed by atoms with Crippen LogP contribution in [0.25, 0.3) is 0 Å². The van der Waals surface area contributed by atoms with Crippen molar-refractivity contribution in [3.8, 4) is 0 Å². The molecule has 1 rings (SSSR count). The predicted molar refractivity (Wildman–Crippen MR) is 72.8 cm³/mol. The molecule has 5 heteroatoms. The highest BCUT2D eigenvalue weighted by Gasteiger charge is 2.09. The lowest BCUT2D eigenvalue weighted by Crippen LogP contribution is -2.25. The smallest absolute Gasteiger partial charge is 0.337 e. The minimum absolute atomic E-state index is 0.298. The van der Waals surface area contributed by atoms with Gasteiger partial charge in [0.1, 0.15) is 0 Å². The van der Waals surface area contributed by atoms with Gasteiger partial charge in [0.05, 0.1) is 5.56 Å². The molecule has 1 aromatic carbocycles. The standard InChI is InChI=1S/C12H17BrN2O2/c1-3-15(2)7-6-14-11-8-9(13)4-5-10(11)12(16)17/h4-5,8,14H,3,6-7H2,1-2H3,(H,16,17). The summed E-state index contributed by atoms with van der Waals surface area (Å²) in [7, 11) is 2.03. The molecule has 0 heterocycles. The van der Waals surface area contributed by atoms with Crippen LogP contribution in [0, 0.1) is 0 Å². The summed E-state index contributed by atoms with van der Waals surface area (Å²) in [6, 6.07) is 5.11. The van der Waals surface area contributed by atoms with Gasteiger partial charge in [0.25, 0.3) is 0 Å². The monoisotopic (exact) mass is 300 g/mol. The van der Waals surface area contributed by atoms with Crippen LogP contribution in [0.2, 0.25) is 0 Å². The van der Waals surface area contributed by atoms with Gasteiger partial charge >= 0.3 is 5.97 Å². The minimum Gasteiger partial charge on any atom is -0.478 e. The molecule has 17 heavy (non-hydrogen) atoms. The van der Waals surface area contributed by atoms with E-state index < -0.39 is 5.97 Å². The zero-order valence-corrected chi connectivity index (χ0v) is 11.6. The number of nitrogens with zero attached hydrogens (tertiary/aromatic N) is 1. The first-order valence-electron chi connectivity index (χ1n) is 5.50. The Morgan fingerprint density at radius 2 is 2.24 bits per heavy atom. The highest BCUT2D eigenvalue weighted by atomic mass is 79.9. The van der Waals surface area contributed by atoms with E-state index >= 15 is 0 Å². The van der Waals surface area contributed by atoms with Gasteiger partial charge < -0.3 is 15.3 Å². The Hall–Kier alpha value is -1.07. The van der Waals surface area contributed by atoms with Crippen molar-refractivity contribution in [3.05, 3.63) is 28.2 Å². The number of carboxylic acids is 1. The van der Waals surface area contributed by atoms with Gasteiger partial charge in [-0.15, -0.1) is 0 Å². The van der Waals surface area contributed by atoms with Gasteiger partial charge in [-0.2, -0.15) is 0 Å². The summed E-state index contributed by atoms with van der Waals surface area (Å²) in [6.45, 7) is 4.66. The fourth-order valence-electron chi connectivity index (χ4n) is 1.39. The number of hydrogen-bond acceptors (Lipinski definition) is 3. The van der Waals surface area contributed by atoms with E-state index in [1.165, 1.54) is 0 Å². The maximum atomic E-state index is 11.0. The minimum atomic E-state index is -0.913. The Morgan fingerprint density at radius 3 is 2.82 bits per heavy atom. The number of rotatable bonds is 6. The van der Waals surface area contributed by atoms with Crippen LogP contribution in [-0.2, 0) is 0 Å². The summed E-state index contributed by atoms with van der Waals surface area (Å²) in [5.41, 5.74) is 0.948. The molecule has 4 nitrogen and oxygen atoms in total. The van der Waals surface area contributed by atoms with E-state index in [0.717, 1.165) is 24.1 Å². The van der Waals surface area contributed by atoms with Gasteiger partial charge in [-0.05, 0) is 31.8 Å². The maximum Gasteiger partial charge on any atom is 0.337 e. The van der Waals surface area contributed by atoms with Crippen molar-refractivity contribution in [2.45, 2.75) is 6.92 Å². The van der Waals surface area contributed by atoms with Gasteiger partial charge in [-0.3, -0.25) is 0 Å². The van der Waals surface area contributed by atoms with Crippen LogP contribution in [0.3, 0.4) is 0 Å². The number of carboxylic acid groups (broad SMARTS) is 1. The zero-order chi connectivity index (χ0) is 12.8. The van der Waals surface area contributed by atoms with Gasteiger partial charge in [0.15, 0.2) is 0 Å². The Balaban J connectivity index is 2.68. The van der Waals surface area contributed by atoms with Gasteiger partial charge in [-0.1, -0.05) is 22.9 Å². The largest absolute Gasteiger partial charge is 0.478 e. The number of hydrogen-bond donors (Lipinski definition) is 2. The Bertz CT molecular complexity index is 396. The summed E-state index contributed by atoms with van der Waals surface area (Å²) < 4.78 is 0.869. The third-order valence-electron chi connectivity index (χ3n) is 2.56. The quantitative estimate of drug-likeness (QED) is 0.847. The highest BCUT2D eigenvalue weighted by Crippen LogP contribution is 2.21. The third-order valence-corrected chi connectivity index (χ3v) is 3.05. The van der Waals surface area contributed by atoms with Crippen molar-refractivity contribution in [2.24, 2.45) is 0 Å². The summed E-state index contributed by atoms with van der Waals surface area (Å²) >= 11 is 3.34. The SMILES string of the molecule is CCN(C)CCNc1cc(Br)ccc1C(=O)O. The number of nitrogens with one attached hydrogen (secondary N) is 1. The lowest BCUT2D eigenvalue weighted by atomic mass is 10.2. The van der Waals surface area contributed by atoms with Gasteiger partial charge in [0, 0.05) is 23.2 Å².